The molecule has 2 saturated heterocycles. The average Bonchev–Trinajstić information content (AvgIpc) is 3.16. The molecule has 0 aromatic carbocycles. The second kappa shape index (κ2) is 13.0. The molecule has 3 rings (SSSR count). The topological polar surface area (TPSA) is 42.9 Å². The van der Waals surface area contributed by atoms with Gasteiger partial charge in [-0.05, 0) is 90.8 Å². The van der Waals surface area contributed by atoms with E-state index in [1.54, 1.807) is 0 Å². The third-order valence-corrected chi connectivity index (χ3v) is 8.18. The highest BCUT2D eigenvalue weighted by Gasteiger charge is 2.39. The molecule has 1 aliphatic carbocycles. The van der Waals surface area contributed by atoms with Crippen molar-refractivity contribution in [2.75, 3.05) is 52.1 Å². The highest BCUT2D eigenvalue weighted by atomic mass is 127. The van der Waals surface area contributed by atoms with Crippen LogP contribution < -0.4 is 10.6 Å². The third kappa shape index (κ3) is 7.42. The summed E-state index contributed by atoms with van der Waals surface area (Å²) in [4.78, 5) is 10.4. The lowest BCUT2D eigenvalue weighted by Gasteiger charge is -2.49. The highest BCUT2D eigenvalue weighted by molar-refractivity contribution is 14.0. The van der Waals surface area contributed by atoms with Gasteiger partial charge in [-0.15, -0.1) is 24.0 Å². The SMILES string of the molecule is CCNC(=NCC1(N2CCCCC2)CCN(C)CC1)NC1CCC(SCC)C1.I. The van der Waals surface area contributed by atoms with Crippen molar-refractivity contribution in [3.05, 3.63) is 0 Å². The van der Waals surface area contributed by atoms with Crippen LogP contribution in [0, 0.1) is 0 Å². The maximum absolute atomic E-state index is 5.17. The van der Waals surface area contributed by atoms with Crippen molar-refractivity contribution in [1.82, 2.24) is 20.4 Å². The predicted molar refractivity (Wildman–Crippen MR) is 139 cm³/mol. The van der Waals surface area contributed by atoms with Crippen LogP contribution >= 0.6 is 35.7 Å². The maximum atomic E-state index is 5.17. The summed E-state index contributed by atoms with van der Waals surface area (Å²) < 4.78 is 0. The van der Waals surface area contributed by atoms with Crippen LogP contribution in [-0.4, -0.2) is 84.7 Å². The van der Waals surface area contributed by atoms with Gasteiger partial charge in [0.2, 0.25) is 0 Å². The summed E-state index contributed by atoms with van der Waals surface area (Å²) in [5, 5.41) is 8.13. The minimum atomic E-state index is 0. The van der Waals surface area contributed by atoms with E-state index in [2.05, 4.69) is 53.1 Å². The number of guanidine groups is 1. The van der Waals surface area contributed by atoms with Crippen LogP contribution in [0.15, 0.2) is 4.99 Å². The van der Waals surface area contributed by atoms with Gasteiger partial charge < -0.3 is 15.5 Å². The van der Waals surface area contributed by atoms with Crippen molar-refractivity contribution in [2.45, 2.75) is 82.0 Å². The van der Waals surface area contributed by atoms with E-state index >= 15 is 0 Å². The third-order valence-electron chi connectivity index (χ3n) is 6.95. The lowest BCUT2D eigenvalue weighted by molar-refractivity contribution is 0.0208. The van der Waals surface area contributed by atoms with Crippen LogP contribution in [0.5, 0.6) is 0 Å². The van der Waals surface area contributed by atoms with Gasteiger partial charge in [-0.25, -0.2) is 0 Å². The minimum Gasteiger partial charge on any atom is -0.357 e. The Balaban J connectivity index is 0.00000300. The Morgan fingerprint density at radius 1 is 1.07 bits per heavy atom. The number of aliphatic imine (C=N–C) groups is 1. The smallest absolute Gasteiger partial charge is 0.191 e. The summed E-state index contributed by atoms with van der Waals surface area (Å²) in [6, 6.07) is 0.588. The zero-order chi connectivity index (χ0) is 19.8. The lowest BCUT2D eigenvalue weighted by atomic mass is 9.84. The molecule has 0 aromatic rings. The Bertz CT molecular complexity index is 490. The molecule has 7 heteroatoms. The van der Waals surface area contributed by atoms with E-state index in [-0.39, 0.29) is 29.5 Å². The normalized spacial score (nSPS) is 28.7. The number of rotatable bonds is 7. The van der Waals surface area contributed by atoms with E-state index in [1.807, 2.05) is 0 Å². The van der Waals surface area contributed by atoms with Gasteiger partial charge in [0.15, 0.2) is 5.96 Å². The Hall–Kier alpha value is 0.270. The first kappa shape index (κ1) is 25.5. The van der Waals surface area contributed by atoms with Crippen molar-refractivity contribution in [2.24, 2.45) is 4.99 Å². The lowest BCUT2D eigenvalue weighted by Crippen LogP contribution is -2.58. The summed E-state index contributed by atoms with van der Waals surface area (Å²) in [6.45, 7) is 11.3. The van der Waals surface area contributed by atoms with Crippen molar-refractivity contribution in [3.63, 3.8) is 0 Å². The second-order valence-electron chi connectivity index (χ2n) is 9.00. The highest BCUT2D eigenvalue weighted by Crippen LogP contribution is 2.32. The molecule has 1 saturated carbocycles. The van der Waals surface area contributed by atoms with Crippen LogP contribution in [0.1, 0.15) is 65.2 Å². The van der Waals surface area contributed by atoms with Crippen molar-refractivity contribution < 1.29 is 0 Å². The number of nitrogens with zero attached hydrogens (tertiary/aromatic N) is 3. The molecule has 2 heterocycles. The standard InChI is InChI=1S/C22H43N5S.HI/c1-4-23-21(25-19-9-10-20(17-19)28-5-2)24-18-22(11-15-26(3)16-12-22)27-13-7-6-8-14-27;/h19-20H,4-18H2,1-3H3,(H2,23,24,25);1H. The Morgan fingerprint density at radius 3 is 2.45 bits per heavy atom. The Labute approximate surface area is 200 Å². The summed E-state index contributed by atoms with van der Waals surface area (Å²) in [7, 11) is 2.26. The average molecular weight is 538 g/mol. The maximum Gasteiger partial charge on any atom is 0.191 e. The van der Waals surface area contributed by atoms with E-state index in [4.69, 9.17) is 4.99 Å². The number of hydrogen-bond donors (Lipinski definition) is 2. The molecular weight excluding hydrogens is 493 g/mol. The van der Waals surface area contributed by atoms with E-state index in [0.29, 0.717) is 6.04 Å². The van der Waals surface area contributed by atoms with Crippen LogP contribution in [0.4, 0.5) is 0 Å². The van der Waals surface area contributed by atoms with Gasteiger partial charge in [-0.2, -0.15) is 11.8 Å². The van der Waals surface area contributed by atoms with Gasteiger partial charge in [0, 0.05) is 23.4 Å². The fraction of sp³-hybridized carbons (Fsp3) is 0.955. The first-order chi connectivity index (χ1) is 13.6. The van der Waals surface area contributed by atoms with Crippen molar-refractivity contribution in [1.29, 1.82) is 0 Å². The first-order valence-corrected chi connectivity index (χ1v) is 12.8. The van der Waals surface area contributed by atoms with Crippen LogP contribution in [0.25, 0.3) is 0 Å². The molecule has 0 spiro atoms. The fourth-order valence-corrected chi connectivity index (χ4v) is 6.32. The molecule has 2 N–H and O–H groups in total. The zero-order valence-electron chi connectivity index (χ0n) is 18.9. The molecule has 2 unspecified atom stereocenters. The van der Waals surface area contributed by atoms with Crippen LogP contribution in [0.3, 0.4) is 0 Å². The number of nitrogens with one attached hydrogen (secondary N) is 2. The van der Waals surface area contributed by atoms with Crippen molar-refractivity contribution in [3.8, 4) is 0 Å². The summed E-state index contributed by atoms with van der Waals surface area (Å²) in [5.41, 5.74) is 0.269. The predicted octanol–water partition coefficient (Wildman–Crippen LogP) is 3.78. The van der Waals surface area contributed by atoms with Gasteiger partial charge in [0.25, 0.3) is 0 Å². The van der Waals surface area contributed by atoms with Crippen LogP contribution in [-0.2, 0) is 0 Å². The Kier molecular flexibility index (Phi) is 11.4. The molecule has 3 aliphatic rings. The monoisotopic (exact) mass is 537 g/mol. The van der Waals surface area contributed by atoms with Gasteiger partial charge in [-0.3, -0.25) is 9.89 Å². The molecule has 2 aliphatic heterocycles. The quantitative estimate of drug-likeness (QED) is 0.294. The number of hydrogen-bond acceptors (Lipinski definition) is 4. The largest absolute Gasteiger partial charge is 0.357 e. The molecule has 2 atom stereocenters. The molecule has 29 heavy (non-hydrogen) atoms. The van der Waals surface area contributed by atoms with Gasteiger partial charge in [-0.1, -0.05) is 13.3 Å². The fourth-order valence-electron chi connectivity index (χ4n) is 5.18. The summed E-state index contributed by atoms with van der Waals surface area (Å²) >= 11 is 2.13. The minimum absolute atomic E-state index is 0. The molecule has 170 valence electrons. The number of thioether (sulfide) groups is 1. The van der Waals surface area contributed by atoms with E-state index < -0.39 is 0 Å². The number of piperidine rings is 2. The molecular formula is C22H44IN5S. The molecule has 0 aromatic heterocycles. The van der Waals surface area contributed by atoms with E-state index in [0.717, 1.165) is 24.3 Å². The summed E-state index contributed by atoms with van der Waals surface area (Å²) in [5.74, 6) is 2.28. The van der Waals surface area contributed by atoms with Crippen molar-refractivity contribution >= 4 is 41.7 Å². The molecule has 3 fully saturated rings. The first-order valence-electron chi connectivity index (χ1n) is 11.8. The van der Waals surface area contributed by atoms with E-state index in [1.165, 1.54) is 83.3 Å². The molecule has 0 radical (unpaired) electrons. The molecule has 0 amide bonds. The van der Waals surface area contributed by atoms with Gasteiger partial charge in [0.1, 0.15) is 0 Å². The number of halogens is 1. The van der Waals surface area contributed by atoms with Gasteiger partial charge >= 0.3 is 0 Å². The Morgan fingerprint density at radius 2 is 1.79 bits per heavy atom. The van der Waals surface area contributed by atoms with Crippen LogP contribution in [0.2, 0.25) is 0 Å². The second-order valence-corrected chi connectivity index (χ2v) is 10.6. The van der Waals surface area contributed by atoms with E-state index in [9.17, 15) is 0 Å². The number of likely N-dealkylation sites (tertiary alicyclic amines) is 2. The molecule has 0 bridgehead atoms. The van der Waals surface area contributed by atoms with Gasteiger partial charge in [0.05, 0.1) is 6.54 Å². The molecule has 5 nitrogen and oxygen atoms in total. The zero-order valence-corrected chi connectivity index (χ0v) is 22.1. The summed E-state index contributed by atoms with van der Waals surface area (Å²) in [6.07, 6.45) is 10.5.